The van der Waals surface area contributed by atoms with Gasteiger partial charge in [0, 0.05) is 13.1 Å². The second-order valence-corrected chi connectivity index (χ2v) is 4.98. The Bertz CT molecular complexity index is 436. The monoisotopic (exact) mass is 251 g/mol. The summed E-state index contributed by atoms with van der Waals surface area (Å²) in [6.45, 7) is 3.10. The van der Waals surface area contributed by atoms with E-state index in [1.54, 1.807) is 17.0 Å². The number of benzene rings is 1. The Balaban J connectivity index is 1.96. The summed E-state index contributed by atoms with van der Waals surface area (Å²) < 4.78 is 13.0. The average Bonchev–Trinajstić information content (AvgIpc) is 2.32. The molecule has 1 aliphatic rings. The van der Waals surface area contributed by atoms with Crippen molar-refractivity contribution in [3.8, 4) is 0 Å². The van der Waals surface area contributed by atoms with E-state index in [1.165, 1.54) is 12.1 Å². The molecular weight excluding hydrogens is 233 g/mol. The molecule has 0 spiro atoms. The van der Waals surface area contributed by atoms with E-state index in [1.807, 2.05) is 6.92 Å². The second kappa shape index (κ2) is 5.48. The summed E-state index contributed by atoms with van der Waals surface area (Å²) in [5.41, 5.74) is 0.693. The minimum atomic E-state index is -0.317. The number of nitrogens with zero attached hydrogens (tertiary/aromatic N) is 1. The van der Waals surface area contributed by atoms with Gasteiger partial charge in [0.05, 0.1) is 12.5 Å². The van der Waals surface area contributed by atoms with Crippen LogP contribution in [-0.4, -0.2) is 35.1 Å². The highest BCUT2D eigenvalue weighted by atomic mass is 19.1. The maximum atomic E-state index is 13.0. The van der Waals surface area contributed by atoms with Crippen LogP contribution in [0.5, 0.6) is 0 Å². The van der Waals surface area contributed by atoms with Crippen molar-refractivity contribution in [2.24, 2.45) is 5.92 Å². The number of amides is 1. The summed E-state index contributed by atoms with van der Waals surface area (Å²) in [5.74, 6) is -0.211. The van der Waals surface area contributed by atoms with E-state index in [-0.39, 0.29) is 30.2 Å². The van der Waals surface area contributed by atoms with E-state index in [4.69, 9.17) is 0 Å². The molecule has 1 amide bonds. The van der Waals surface area contributed by atoms with Gasteiger partial charge in [-0.2, -0.15) is 0 Å². The number of piperidine rings is 1. The van der Waals surface area contributed by atoms with Gasteiger partial charge in [-0.05, 0) is 30.0 Å². The summed E-state index contributed by atoms with van der Waals surface area (Å²) in [4.78, 5) is 13.8. The van der Waals surface area contributed by atoms with Crippen LogP contribution in [0.1, 0.15) is 18.9 Å². The predicted molar refractivity (Wildman–Crippen MR) is 66.5 cm³/mol. The van der Waals surface area contributed by atoms with Crippen molar-refractivity contribution < 1.29 is 14.3 Å². The van der Waals surface area contributed by atoms with Crippen molar-refractivity contribution in [1.82, 2.24) is 4.90 Å². The molecule has 0 aromatic heterocycles. The summed E-state index contributed by atoms with van der Waals surface area (Å²) in [7, 11) is 0. The van der Waals surface area contributed by atoms with Gasteiger partial charge >= 0.3 is 0 Å². The SMILES string of the molecule is CC1CN(C(=O)Cc2cccc(F)c2)CCC1O. The highest BCUT2D eigenvalue weighted by Crippen LogP contribution is 2.17. The van der Waals surface area contributed by atoms with Gasteiger partial charge in [-0.25, -0.2) is 4.39 Å². The highest BCUT2D eigenvalue weighted by Gasteiger charge is 2.26. The number of carbonyl (C=O) groups excluding carboxylic acids is 1. The van der Waals surface area contributed by atoms with Crippen molar-refractivity contribution in [2.45, 2.75) is 25.9 Å². The molecule has 0 radical (unpaired) electrons. The fourth-order valence-corrected chi connectivity index (χ4v) is 2.29. The van der Waals surface area contributed by atoms with Gasteiger partial charge in [0.2, 0.25) is 5.91 Å². The first kappa shape index (κ1) is 13.0. The number of hydrogen-bond acceptors (Lipinski definition) is 2. The Morgan fingerprint density at radius 2 is 2.33 bits per heavy atom. The van der Waals surface area contributed by atoms with E-state index < -0.39 is 0 Å². The molecule has 3 nitrogen and oxygen atoms in total. The van der Waals surface area contributed by atoms with Crippen molar-refractivity contribution >= 4 is 5.91 Å². The van der Waals surface area contributed by atoms with Crippen LogP contribution in [0, 0.1) is 11.7 Å². The molecule has 2 rings (SSSR count). The molecule has 1 aromatic carbocycles. The zero-order valence-electron chi connectivity index (χ0n) is 10.5. The Kier molecular flexibility index (Phi) is 3.97. The van der Waals surface area contributed by atoms with Gasteiger partial charge in [0.15, 0.2) is 0 Å². The maximum Gasteiger partial charge on any atom is 0.227 e. The zero-order chi connectivity index (χ0) is 13.1. The van der Waals surface area contributed by atoms with Gasteiger partial charge in [0.1, 0.15) is 5.82 Å². The second-order valence-electron chi connectivity index (χ2n) is 4.98. The molecule has 0 bridgehead atoms. The van der Waals surface area contributed by atoms with Crippen LogP contribution in [0.4, 0.5) is 4.39 Å². The average molecular weight is 251 g/mol. The minimum absolute atomic E-state index is 0.000602. The quantitative estimate of drug-likeness (QED) is 0.867. The number of likely N-dealkylation sites (tertiary alicyclic amines) is 1. The summed E-state index contributed by atoms with van der Waals surface area (Å²) in [5, 5.41) is 9.62. The Morgan fingerprint density at radius 3 is 3.00 bits per heavy atom. The lowest BCUT2D eigenvalue weighted by Gasteiger charge is -2.34. The van der Waals surface area contributed by atoms with Crippen LogP contribution in [0.2, 0.25) is 0 Å². The molecule has 2 atom stereocenters. The Hall–Kier alpha value is -1.42. The first-order valence-electron chi connectivity index (χ1n) is 6.26. The number of aliphatic hydroxyl groups excluding tert-OH is 1. The number of rotatable bonds is 2. The third kappa shape index (κ3) is 3.07. The lowest BCUT2D eigenvalue weighted by atomic mass is 9.96. The molecular formula is C14H18FNO2. The normalized spacial score (nSPS) is 24.1. The Labute approximate surface area is 106 Å². The van der Waals surface area contributed by atoms with Crippen LogP contribution in [0.3, 0.4) is 0 Å². The van der Waals surface area contributed by atoms with Crippen LogP contribution in [0.15, 0.2) is 24.3 Å². The molecule has 2 unspecified atom stereocenters. The molecule has 1 fully saturated rings. The van der Waals surface area contributed by atoms with E-state index >= 15 is 0 Å². The van der Waals surface area contributed by atoms with Crippen molar-refractivity contribution in [2.75, 3.05) is 13.1 Å². The molecule has 0 aliphatic carbocycles. The van der Waals surface area contributed by atoms with Crippen LogP contribution in [0.25, 0.3) is 0 Å². The molecule has 98 valence electrons. The molecule has 1 aliphatic heterocycles. The summed E-state index contributed by atoms with van der Waals surface area (Å²) in [6.07, 6.45) is 0.527. The molecule has 1 N–H and O–H groups in total. The number of aliphatic hydroxyl groups is 1. The van der Waals surface area contributed by atoms with Crippen LogP contribution >= 0.6 is 0 Å². The zero-order valence-corrected chi connectivity index (χ0v) is 10.5. The lowest BCUT2D eigenvalue weighted by molar-refractivity contribution is -0.133. The van der Waals surface area contributed by atoms with E-state index in [2.05, 4.69) is 0 Å². The largest absolute Gasteiger partial charge is 0.393 e. The Morgan fingerprint density at radius 1 is 1.56 bits per heavy atom. The minimum Gasteiger partial charge on any atom is -0.393 e. The number of hydrogen-bond donors (Lipinski definition) is 1. The molecule has 1 saturated heterocycles. The summed E-state index contributed by atoms with van der Waals surface area (Å²) >= 11 is 0. The molecule has 1 aromatic rings. The maximum absolute atomic E-state index is 13.0. The fourth-order valence-electron chi connectivity index (χ4n) is 2.29. The highest BCUT2D eigenvalue weighted by molar-refractivity contribution is 5.78. The number of carbonyl (C=O) groups is 1. The third-order valence-corrected chi connectivity index (χ3v) is 3.46. The third-order valence-electron chi connectivity index (χ3n) is 3.46. The first-order valence-corrected chi connectivity index (χ1v) is 6.26. The van der Waals surface area contributed by atoms with E-state index in [0.29, 0.717) is 25.1 Å². The molecule has 18 heavy (non-hydrogen) atoms. The topological polar surface area (TPSA) is 40.5 Å². The van der Waals surface area contributed by atoms with Gasteiger partial charge in [-0.1, -0.05) is 19.1 Å². The van der Waals surface area contributed by atoms with Gasteiger partial charge in [-0.3, -0.25) is 4.79 Å². The lowest BCUT2D eigenvalue weighted by Crippen LogP contribution is -2.45. The van der Waals surface area contributed by atoms with E-state index in [9.17, 15) is 14.3 Å². The summed E-state index contributed by atoms with van der Waals surface area (Å²) in [6, 6.07) is 6.12. The molecule has 0 saturated carbocycles. The van der Waals surface area contributed by atoms with E-state index in [0.717, 1.165) is 0 Å². The fraction of sp³-hybridized carbons (Fsp3) is 0.500. The number of halogens is 1. The predicted octanol–water partition coefficient (Wildman–Crippen LogP) is 1.60. The molecule has 4 heteroatoms. The smallest absolute Gasteiger partial charge is 0.227 e. The van der Waals surface area contributed by atoms with Crippen molar-refractivity contribution in [3.63, 3.8) is 0 Å². The van der Waals surface area contributed by atoms with Gasteiger partial charge in [0.25, 0.3) is 0 Å². The standard InChI is InChI=1S/C14H18FNO2/c1-10-9-16(6-5-13(10)17)14(18)8-11-3-2-4-12(15)7-11/h2-4,7,10,13,17H,5-6,8-9H2,1H3. The van der Waals surface area contributed by atoms with Crippen LogP contribution < -0.4 is 0 Å². The van der Waals surface area contributed by atoms with Crippen LogP contribution in [-0.2, 0) is 11.2 Å². The van der Waals surface area contributed by atoms with Crippen molar-refractivity contribution in [1.29, 1.82) is 0 Å². The van der Waals surface area contributed by atoms with Gasteiger partial charge < -0.3 is 10.0 Å². The molecule has 1 heterocycles. The first-order chi connectivity index (χ1) is 8.56. The van der Waals surface area contributed by atoms with Crippen molar-refractivity contribution in [3.05, 3.63) is 35.6 Å². The van der Waals surface area contributed by atoms with Gasteiger partial charge in [-0.15, -0.1) is 0 Å².